The third-order valence-corrected chi connectivity index (χ3v) is 4.45. The van der Waals surface area contributed by atoms with Crippen LogP contribution < -0.4 is 11.1 Å². The molecule has 20 heavy (non-hydrogen) atoms. The largest absolute Gasteiger partial charge is 0.368 e. The van der Waals surface area contributed by atoms with Gasteiger partial charge in [-0.25, -0.2) is 8.78 Å². The SMILES string of the molecule is CC(CCSc1ccc(F)cc1F)(NC1CC1)C(N)=O. The number of hydrogen-bond acceptors (Lipinski definition) is 3. The second kappa shape index (κ2) is 6.10. The lowest BCUT2D eigenvalue weighted by Crippen LogP contribution is -2.54. The minimum absolute atomic E-state index is 0.361. The highest BCUT2D eigenvalue weighted by atomic mass is 32.2. The highest BCUT2D eigenvalue weighted by Crippen LogP contribution is 2.28. The number of carbonyl (C=O) groups excluding carboxylic acids is 1. The van der Waals surface area contributed by atoms with Crippen molar-refractivity contribution < 1.29 is 13.6 Å². The number of benzene rings is 1. The van der Waals surface area contributed by atoms with E-state index >= 15 is 0 Å². The average Bonchev–Trinajstić information content (AvgIpc) is 3.15. The second-order valence-electron chi connectivity index (χ2n) is 5.29. The molecule has 0 saturated heterocycles. The summed E-state index contributed by atoms with van der Waals surface area (Å²) in [5.74, 6) is -1.04. The van der Waals surface area contributed by atoms with E-state index in [9.17, 15) is 13.6 Å². The predicted molar refractivity (Wildman–Crippen MR) is 75.5 cm³/mol. The van der Waals surface area contributed by atoms with Crippen LogP contribution in [0, 0.1) is 11.6 Å². The highest BCUT2D eigenvalue weighted by Gasteiger charge is 2.36. The van der Waals surface area contributed by atoms with Gasteiger partial charge in [-0.1, -0.05) is 0 Å². The topological polar surface area (TPSA) is 55.1 Å². The molecular formula is C14H18F2N2OS. The van der Waals surface area contributed by atoms with Crippen LogP contribution in [0.5, 0.6) is 0 Å². The molecule has 1 aromatic rings. The smallest absolute Gasteiger partial charge is 0.237 e. The van der Waals surface area contributed by atoms with Gasteiger partial charge in [0.05, 0.1) is 5.54 Å². The summed E-state index contributed by atoms with van der Waals surface area (Å²) in [6.07, 6.45) is 2.62. The summed E-state index contributed by atoms with van der Waals surface area (Å²) in [4.78, 5) is 11.9. The average molecular weight is 300 g/mol. The first-order valence-corrected chi connectivity index (χ1v) is 7.55. The molecule has 1 aromatic carbocycles. The Hall–Kier alpha value is -1.14. The summed E-state index contributed by atoms with van der Waals surface area (Å²) >= 11 is 1.26. The molecule has 0 bridgehead atoms. The molecule has 1 fully saturated rings. The Bertz CT molecular complexity index is 508. The number of carbonyl (C=O) groups is 1. The fourth-order valence-corrected chi connectivity index (χ4v) is 2.99. The molecule has 0 spiro atoms. The number of nitrogens with one attached hydrogen (secondary N) is 1. The van der Waals surface area contributed by atoms with E-state index in [1.807, 2.05) is 0 Å². The lowest BCUT2D eigenvalue weighted by molar-refractivity contribution is -0.124. The van der Waals surface area contributed by atoms with Crippen molar-refractivity contribution in [1.82, 2.24) is 5.32 Å². The maximum absolute atomic E-state index is 13.5. The number of amides is 1. The van der Waals surface area contributed by atoms with Gasteiger partial charge >= 0.3 is 0 Å². The molecule has 1 unspecified atom stereocenters. The lowest BCUT2D eigenvalue weighted by atomic mass is 9.98. The molecular weight excluding hydrogens is 282 g/mol. The molecule has 3 N–H and O–H groups in total. The molecule has 110 valence electrons. The van der Waals surface area contributed by atoms with Gasteiger partial charge in [0.15, 0.2) is 0 Å². The van der Waals surface area contributed by atoms with Crippen LogP contribution in [0.1, 0.15) is 26.2 Å². The Kier molecular flexibility index (Phi) is 4.65. The fourth-order valence-electron chi connectivity index (χ4n) is 1.90. The van der Waals surface area contributed by atoms with E-state index in [1.165, 1.54) is 23.9 Å². The predicted octanol–water partition coefficient (Wildman–Crippen LogP) is 2.44. The Morgan fingerprint density at radius 3 is 2.75 bits per heavy atom. The molecule has 2 rings (SSSR count). The maximum Gasteiger partial charge on any atom is 0.237 e. The van der Waals surface area contributed by atoms with Crippen LogP contribution in [0.3, 0.4) is 0 Å². The molecule has 1 atom stereocenters. The molecule has 0 radical (unpaired) electrons. The van der Waals surface area contributed by atoms with Gasteiger partial charge in [-0.2, -0.15) is 0 Å². The van der Waals surface area contributed by atoms with Crippen molar-refractivity contribution in [3.05, 3.63) is 29.8 Å². The third kappa shape index (κ3) is 3.93. The van der Waals surface area contributed by atoms with Gasteiger partial charge in [-0.3, -0.25) is 4.79 Å². The van der Waals surface area contributed by atoms with Gasteiger partial charge in [0.1, 0.15) is 11.6 Å². The zero-order valence-electron chi connectivity index (χ0n) is 11.3. The van der Waals surface area contributed by atoms with E-state index in [0.29, 0.717) is 23.1 Å². The summed E-state index contributed by atoms with van der Waals surface area (Å²) in [5.41, 5.74) is 4.67. The van der Waals surface area contributed by atoms with Gasteiger partial charge in [0.2, 0.25) is 5.91 Å². The van der Waals surface area contributed by atoms with E-state index in [0.717, 1.165) is 18.9 Å². The summed E-state index contributed by atoms with van der Waals surface area (Å²) in [7, 11) is 0. The zero-order valence-corrected chi connectivity index (χ0v) is 12.1. The van der Waals surface area contributed by atoms with Crippen LogP contribution in [0.2, 0.25) is 0 Å². The van der Waals surface area contributed by atoms with E-state index in [2.05, 4.69) is 5.32 Å². The molecule has 1 aliphatic carbocycles. The number of nitrogens with two attached hydrogens (primary N) is 1. The van der Waals surface area contributed by atoms with E-state index in [4.69, 9.17) is 5.73 Å². The summed E-state index contributed by atoms with van der Waals surface area (Å²) in [6, 6.07) is 3.85. The van der Waals surface area contributed by atoms with Gasteiger partial charge < -0.3 is 11.1 Å². The van der Waals surface area contributed by atoms with Crippen molar-refractivity contribution in [2.75, 3.05) is 5.75 Å². The molecule has 0 aliphatic heterocycles. The van der Waals surface area contributed by atoms with Gasteiger partial charge in [0.25, 0.3) is 0 Å². The minimum Gasteiger partial charge on any atom is -0.368 e. The van der Waals surface area contributed by atoms with Crippen molar-refractivity contribution in [3.63, 3.8) is 0 Å². The van der Waals surface area contributed by atoms with Crippen LogP contribution in [0.4, 0.5) is 8.78 Å². The fraction of sp³-hybridized carbons (Fsp3) is 0.500. The Morgan fingerprint density at radius 1 is 1.50 bits per heavy atom. The number of primary amides is 1. The van der Waals surface area contributed by atoms with Crippen molar-refractivity contribution in [3.8, 4) is 0 Å². The zero-order chi connectivity index (χ0) is 14.8. The van der Waals surface area contributed by atoms with Crippen molar-refractivity contribution in [1.29, 1.82) is 0 Å². The van der Waals surface area contributed by atoms with E-state index < -0.39 is 23.1 Å². The summed E-state index contributed by atoms with van der Waals surface area (Å²) in [6.45, 7) is 1.77. The van der Waals surface area contributed by atoms with Crippen molar-refractivity contribution >= 4 is 17.7 Å². The molecule has 1 amide bonds. The van der Waals surface area contributed by atoms with Gasteiger partial charge in [-0.15, -0.1) is 11.8 Å². The van der Waals surface area contributed by atoms with Crippen molar-refractivity contribution in [2.45, 2.75) is 42.7 Å². The first-order chi connectivity index (χ1) is 9.40. The van der Waals surface area contributed by atoms with Gasteiger partial charge in [-0.05, 0) is 38.3 Å². The molecule has 0 heterocycles. The Morgan fingerprint density at radius 2 is 2.20 bits per heavy atom. The maximum atomic E-state index is 13.5. The Labute approximate surface area is 121 Å². The number of rotatable bonds is 7. The molecule has 6 heteroatoms. The summed E-state index contributed by atoms with van der Waals surface area (Å²) < 4.78 is 26.3. The van der Waals surface area contributed by atoms with Crippen LogP contribution in [-0.2, 0) is 4.79 Å². The van der Waals surface area contributed by atoms with Gasteiger partial charge in [0, 0.05) is 22.8 Å². The van der Waals surface area contributed by atoms with E-state index in [1.54, 1.807) is 6.92 Å². The number of halogens is 2. The van der Waals surface area contributed by atoms with Crippen LogP contribution in [0.15, 0.2) is 23.1 Å². The quantitative estimate of drug-likeness (QED) is 0.761. The van der Waals surface area contributed by atoms with E-state index in [-0.39, 0.29) is 0 Å². The standard InChI is InChI=1S/C14H18F2N2OS/c1-14(13(17)19,18-10-3-4-10)6-7-20-12-5-2-9(15)8-11(12)16/h2,5,8,10,18H,3-4,6-7H2,1H3,(H2,17,19). The molecule has 1 aliphatic rings. The first-order valence-electron chi connectivity index (χ1n) is 6.56. The first kappa shape index (κ1) is 15.3. The van der Waals surface area contributed by atoms with Crippen LogP contribution in [-0.4, -0.2) is 23.2 Å². The van der Waals surface area contributed by atoms with Crippen molar-refractivity contribution in [2.24, 2.45) is 5.73 Å². The lowest BCUT2D eigenvalue weighted by Gasteiger charge is -2.27. The molecule has 0 aromatic heterocycles. The normalized spacial score (nSPS) is 17.8. The number of hydrogen-bond donors (Lipinski definition) is 2. The van der Waals surface area contributed by atoms with Crippen LogP contribution in [0.25, 0.3) is 0 Å². The van der Waals surface area contributed by atoms with Crippen LogP contribution >= 0.6 is 11.8 Å². The second-order valence-corrected chi connectivity index (χ2v) is 6.42. The highest BCUT2D eigenvalue weighted by molar-refractivity contribution is 7.99. The Balaban J connectivity index is 1.90. The minimum atomic E-state index is -0.773. The molecule has 1 saturated carbocycles. The monoisotopic (exact) mass is 300 g/mol. The summed E-state index contributed by atoms with van der Waals surface area (Å²) in [5, 5.41) is 3.24. The molecule has 3 nitrogen and oxygen atoms in total. The third-order valence-electron chi connectivity index (χ3n) is 3.40. The number of thioether (sulfide) groups is 1.